The molecule has 194 valence electrons. The Morgan fingerprint density at radius 1 is 0.917 bits per heavy atom. The fourth-order valence-electron chi connectivity index (χ4n) is 3.97. The van der Waals surface area contributed by atoms with Crippen LogP contribution in [0.2, 0.25) is 0 Å². The van der Waals surface area contributed by atoms with E-state index in [4.69, 9.17) is 4.74 Å². The van der Waals surface area contributed by atoms with E-state index in [2.05, 4.69) is 19.5 Å². The molecule has 0 unspecified atom stereocenters. The van der Waals surface area contributed by atoms with Crippen LogP contribution in [0.5, 0.6) is 5.75 Å². The van der Waals surface area contributed by atoms with Crippen LogP contribution in [0.1, 0.15) is 58.4 Å². The molecule has 1 saturated carbocycles. The SMILES string of the molecule is COC(=O)c1cc(NC(=O)COc2ccc(S(=O)(=O)NC3CCCCC3)cc2C)cc(C(=O)OC)c1. The summed E-state index contributed by atoms with van der Waals surface area (Å²) in [6, 6.07) is 8.41. The fourth-order valence-corrected chi connectivity index (χ4v) is 5.36. The van der Waals surface area contributed by atoms with E-state index in [1.165, 1.54) is 50.6 Å². The van der Waals surface area contributed by atoms with Gasteiger partial charge in [0.25, 0.3) is 5.91 Å². The van der Waals surface area contributed by atoms with Crippen LogP contribution in [-0.4, -0.2) is 53.1 Å². The van der Waals surface area contributed by atoms with Gasteiger partial charge >= 0.3 is 11.9 Å². The van der Waals surface area contributed by atoms with Crippen molar-refractivity contribution in [1.82, 2.24) is 4.72 Å². The highest BCUT2D eigenvalue weighted by molar-refractivity contribution is 7.89. The quantitative estimate of drug-likeness (QED) is 0.483. The first-order valence-electron chi connectivity index (χ1n) is 11.5. The maximum atomic E-state index is 12.7. The lowest BCUT2D eigenvalue weighted by atomic mass is 9.96. The molecule has 0 spiro atoms. The molecule has 2 aromatic rings. The number of benzene rings is 2. The molecule has 0 heterocycles. The number of amides is 1. The number of carbonyl (C=O) groups is 3. The van der Waals surface area contributed by atoms with E-state index < -0.39 is 27.9 Å². The van der Waals surface area contributed by atoms with Crippen LogP contribution >= 0.6 is 0 Å². The number of sulfonamides is 1. The summed E-state index contributed by atoms with van der Waals surface area (Å²) in [6.45, 7) is 1.30. The van der Waals surface area contributed by atoms with Crippen molar-refractivity contribution in [3.05, 3.63) is 53.1 Å². The van der Waals surface area contributed by atoms with E-state index in [0.717, 1.165) is 32.1 Å². The average molecular weight is 519 g/mol. The molecule has 0 aliphatic heterocycles. The Bertz CT molecular complexity index is 1200. The van der Waals surface area contributed by atoms with Gasteiger partial charge in [-0.3, -0.25) is 4.79 Å². The zero-order valence-corrected chi connectivity index (χ0v) is 21.3. The summed E-state index contributed by atoms with van der Waals surface area (Å²) in [5, 5.41) is 2.57. The number of nitrogens with one attached hydrogen (secondary N) is 2. The Hall–Kier alpha value is -3.44. The Morgan fingerprint density at radius 3 is 2.08 bits per heavy atom. The number of carbonyl (C=O) groups excluding carboxylic acids is 3. The van der Waals surface area contributed by atoms with Gasteiger partial charge in [0.15, 0.2) is 6.61 Å². The topological polar surface area (TPSA) is 137 Å². The van der Waals surface area contributed by atoms with Gasteiger partial charge in [0.1, 0.15) is 5.75 Å². The summed E-state index contributed by atoms with van der Waals surface area (Å²) in [5.74, 6) is -1.57. The zero-order chi connectivity index (χ0) is 26.3. The maximum Gasteiger partial charge on any atom is 0.337 e. The standard InChI is InChI=1S/C25H30N2O8S/c1-16-11-21(36(31,32)27-19-7-5-4-6-8-19)9-10-22(16)35-15-23(28)26-20-13-17(24(29)33-2)12-18(14-20)25(30)34-3/h9-14,19,27H,4-8,15H2,1-3H3,(H,26,28). The summed E-state index contributed by atoms with van der Waals surface area (Å²) in [7, 11) is -1.26. The molecule has 0 radical (unpaired) electrons. The molecule has 2 aromatic carbocycles. The third kappa shape index (κ3) is 7.05. The second-order valence-corrected chi connectivity index (χ2v) is 10.2. The highest BCUT2D eigenvalue weighted by atomic mass is 32.2. The zero-order valence-electron chi connectivity index (χ0n) is 20.5. The molecule has 1 fully saturated rings. The molecule has 0 saturated heterocycles. The van der Waals surface area contributed by atoms with Crippen LogP contribution < -0.4 is 14.8 Å². The van der Waals surface area contributed by atoms with E-state index in [1.54, 1.807) is 6.92 Å². The van der Waals surface area contributed by atoms with Gasteiger partial charge in [0.05, 0.1) is 30.2 Å². The molecule has 0 atom stereocenters. The Balaban J connectivity index is 1.65. The lowest BCUT2D eigenvalue weighted by molar-refractivity contribution is -0.118. The van der Waals surface area contributed by atoms with Gasteiger partial charge in [-0.2, -0.15) is 0 Å². The van der Waals surface area contributed by atoms with E-state index in [9.17, 15) is 22.8 Å². The van der Waals surface area contributed by atoms with Crippen LogP contribution in [0.3, 0.4) is 0 Å². The number of methoxy groups -OCH3 is 2. The van der Waals surface area contributed by atoms with Crippen molar-refractivity contribution < 1.29 is 37.0 Å². The van der Waals surface area contributed by atoms with Crippen molar-refractivity contribution in [1.29, 1.82) is 0 Å². The highest BCUT2D eigenvalue weighted by Crippen LogP contribution is 2.24. The van der Waals surface area contributed by atoms with Gasteiger partial charge in [-0.05, 0) is 61.7 Å². The molecule has 1 aliphatic rings. The molecule has 36 heavy (non-hydrogen) atoms. The second kappa shape index (κ2) is 12.0. The van der Waals surface area contributed by atoms with Gasteiger partial charge < -0.3 is 19.5 Å². The summed E-state index contributed by atoms with van der Waals surface area (Å²) < 4.78 is 43.2. The average Bonchev–Trinajstić information content (AvgIpc) is 2.87. The lowest BCUT2D eigenvalue weighted by Crippen LogP contribution is -2.36. The van der Waals surface area contributed by atoms with E-state index >= 15 is 0 Å². The number of anilines is 1. The molecule has 0 aromatic heterocycles. The minimum absolute atomic E-state index is 0.0546. The third-order valence-electron chi connectivity index (χ3n) is 5.80. The molecular weight excluding hydrogens is 488 g/mol. The van der Waals surface area contributed by atoms with E-state index in [0.29, 0.717) is 11.3 Å². The predicted octanol–water partition coefficient (Wildman–Crippen LogP) is 3.20. The van der Waals surface area contributed by atoms with Crippen molar-refractivity contribution in [3.8, 4) is 5.75 Å². The van der Waals surface area contributed by atoms with Gasteiger partial charge in [0, 0.05) is 11.7 Å². The van der Waals surface area contributed by atoms with Crippen molar-refractivity contribution in [2.45, 2.75) is 50.0 Å². The fraction of sp³-hybridized carbons (Fsp3) is 0.400. The van der Waals surface area contributed by atoms with Gasteiger partial charge in [-0.25, -0.2) is 22.7 Å². The lowest BCUT2D eigenvalue weighted by Gasteiger charge is -2.22. The number of hydrogen-bond acceptors (Lipinski definition) is 8. The van der Waals surface area contributed by atoms with Crippen molar-refractivity contribution in [3.63, 3.8) is 0 Å². The van der Waals surface area contributed by atoms with Crippen LogP contribution in [0.25, 0.3) is 0 Å². The summed E-state index contributed by atoms with van der Waals surface area (Å²) in [6.07, 6.45) is 4.81. The first kappa shape index (κ1) is 27.2. The number of aryl methyl sites for hydroxylation is 1. The Labute approximate surface area is 210 Å². The first-order valence-corrected chi connectivity index (χ1v) is 13.0. The first-order chi connectivity index (χ1) is 17.1. The monoisotopic (exact) mass is 518 g/mol. The largest absolute Gasteiger partial charge is 0.483 e. The molecule has 0 bridgehead atoms. The summed E-state index contributed by atoms with van der Waals surface area (Å²) in [5.41, 5.74) is 0.853. The molecule has 10 nitrogen and oxygen atoms in total. The van der Waals surface area contributed by atoms with Gasteiger partial charge in [-0.1, -0.05) is 19.3 Å². The molecule has 3 rings (SSSR count). The predicted molar refractivity (Wildman–Crippen MR) is 132 cm³/mol. The summed E-state index contributed by atoms with van der Waals surface area (Å²) >= 11 is 0. The molecule has 2 N–H and O–H groups in total. The number of rotatable bonds is 9. The number of esters is 2. The summed E-state index contributed by atoms with van der Waals surface area (Å²) in [4.78, 5) is 36.4. The highest BCUT2D eigenvalue weighted by Gasteiger charge is 2.22. The van der Waals surface area contributed by atoms with Crippen LogP contribution in [0.4, 0.5) is 5.69 Å². The van der Waals surface area contributed by atoms with Crippen LogP contribution in [0.15, 0.2) is 41.3 Å². The molecule has 11 heteroatoms. The van der Waals surface area contributed by atoms with E-state index in [-0.39, 0.29) is 34.4 Å². The molecule has 1 aliphatic carbocycles. The van der Waals surface area contributed by atoms with Gasteiger partial charge in [-0.15, -0.1) is 0 Å². The Morgan fingerprint density at radius 2 is 1.53 bits per heavy atom. The number of hydrogen-bond donors (Lipinski definition) is 2. The van der Waals surface area contributed by atoms with Crippen LogP contribution in [0, 0.1) is 6.92 Å². The van der Waals surface area contributed by atoms with Crippen LogP contribution in [-0.2, 0) is 24.3 Å². The minimum atomic E-state index is -3.66. The van der Waals surface area contributed by atoms with Crippen molar-refractivity contribution >= 4 is 33.6 Å². The number of ether oxygens (including phenoxy) is 3. The molecular formula is C25H30N2O8S. The van der Waals surface area contributed by atoms with Crippen molar-refractivity contribution in [2.75, 3.05) is 26.1 Å². The third-order valence-corrected chi connectivity index (χ3v) is 7.32. The minimum Gasteiger partial charge on any atom is -0.483 e. The second-order valence-electron chi connectivity index (χ2n) is 8.50. The van der Waals surface area contributed by atoms with Crippen molar-refractivity contribution in [2.24, 2.45) is 0 Å². The smallest absolute Gasteiger partial charge is 0.337 e. The maximum absolute atomic E-state index is 12.7. The normalized spacial score (nSPS) is 14.1. The van der Waals surface area contributed by atoms with Gasteiger partial charge in [0.2, 0.25) is 10.0 Å². The molecule has 1 amide bonds. The van der Waals surface area contributed by atoms with E-state index in [1.807, 2.05) is 0 Å². The Kier molecular flexibility index (Phi) is 9.05.